The van der Waals surface area contributed by atoms with E-state index in [9.17, 15) is 4.79 Å². The summed E-state index contributed by atoms with van der Waals surface area (Å²) in [6.45, 7) is 4.19. The van der Waals surface area contributed by atoms with Crippen molar-refractivity contribution in [2.24, 2.45) is 0 Å². The van der Waals surface area contributed by atoms with Crippen molar-refractivity contribution in [3.63, 3.8) is 0 Å². The van der Waals surface area contributed by atoms with Gasteiger partial charge in [0.25, 0.3) is 5.91 Å². The standard InChI is InChI=1S/C15H20N2OS/c1-3-4-7-10(2)17-15(18)14-13(16)11-8-5-6-9-12(11)19-14/h5-6,8-10H,3-4,7,16H2,1-2H3,(H,17,18). The van der Waals surface area contributed by atoms with Crippen LogP contribution in [0.15, 0.2) is 24.3 Å². The molecule has 0 bridgehead atoms. The lowest BCUT2D eigenvalue weighted by molar-refractivity contribution is 0.0943. The van der Waals surface area contributed by atoms with Crippen LogP contribution in [0.5, 0.6) is 0 Å². The molecule has 2 rings (SSSR count). The first-order chi connectivity index (χ1) is 9.13. The van der Waals surface area contributed by atoms with Crippen LogP contribution in [0.2, 0.25) is 0 Å². The van der Waals surface area contributed by atoms with Crippen LogP contribution in [0.3, 0.4) is 0 Å². The number of nitrogen functional groups attached to an aromatic ring is 1. The maximum Gasteiger partial charge on any atom is 0.263 e. The average Bonchev–Trinajstić information content (AvgIpc) is 2.74. The van der Waals surface area contributed by atoms with Crippen LogP contribution in [0.4, 0.5) is 5.69 Å². The number of thiophene rings is 1. The highest BCUT2D eigenvalue weighted by Gasteiger charge is 2.17. The number of amides is 1. The predicted octanol–water partition coefficient (Wildman–Crippen LogP) is 3.79. The van der Waals surface area contributed by atoms with Gasteiger partial charge in [0.15, 0.2) is 0 Å². The van der Waals surface area contributed by atoms with E-state index in [1.165, 1.54) is 11.3 Å². The Morgan fingerprint density at radius 2 is 2.16 bits per heavy atom. The molecule has 1 aromatic heterocycles. The minimum atomic E-state index is -0.0534. The first-order valence-corrected chi connectivity index (χ1v) is 7.53. The summed E-state index contributed by atoms with van der Waals surface area (Å²) in [5, 5.41) is 4.00. The number of hydrogen-bond donors (Lipinski definition) is 2. The molecule has 2 aromatic rings. The number of rotatable bonds is 5. The molecule has 0 aliphatic carbocycles. The van der Waals surface area contributed by atoms with Crippen molar-refractivity contribution in [1.82, 2.24) is 5.32 Å². The molecule has 0 aliphatic heterocycles. The summed E-state index contributed by atoms with van der Waals surface area (Å²) in [6, 6.07) is 8.05. The molecule has 1 heterocycles. The van der Waals surface area contributed by atoms with E-state index in [0.717, 1.165) is 29.3 Å². The zero-order valence-electron chi connectivity index (χ0n) is 11.4. The molecule has 3 nitrogen and oxygen atoms in total. The van der Waals surface area contributed by atoms with E-state index in [4.69, 9.17) is 5.73 Å². The molecule has 19 heavy (non-hydrogen) atoms. The van der Waals surface area contributed by atoms with Crippen LogP contribution in [-0.2, 0) is 0 Å². The maximum absolute atomic E-state index is 12.2. The third kappa shape index (κ3) is 3.07. The van der Waals surface area contributed by atoms with E-state index in [1.807, 2.05) is 31.2 Å². The summed E-state index contributed by atoms with van der Waals surface area (Å²) in [5.41, 5.74) is 6.66. The molecule has 0 fully saturated rings. The number of hydrogen-bond acceptors (Lipinski definition) is 3. The van der Waals surface area contributed by atoms with Gasteiger partial charge in [-0.1, -0.05) is 38.0 Å². The Morgan fingerprint density at radius 3 is 2.84 bits per heavy atom. The van der Waals surface area contributed by atoms with Crippen molar-refractivity contribution < 1.29 is 4.79 Å². The lowest BCUT2D eigenvalue weighted by Gasteiger charge is -2.12. The van der Waals surface area contributed by atoms with Gasteiger partial charge in [-0.05, 0) is 19.4 Å². The first kappa shape index (κ1) is 13.9. The van der Waals surface area contributed by atoms with Crippen molar-refractivity contribution in [3.8, 4) is 0 Å². The van der Waals surface area contributed by atoms with Gasteiger partial charge in [0.05, 0.1) is 5.69 Å². The van der Waals surface area contributed by atoms with Gasteiger partial charge < -0.3 is 11.1 Å². The van der Waals surface area contributed by atoms with Gasteiger partial charge in [-0.2, -0.15) is 0 Å². The molecule has 1 unspecified atom stereocenters. The third-order valence-corrected chi connectivity index (χ3v) is 4.39. The number of anilines is 1. The van der Waals surface area contributed by atoms with E-state index in [-0.39, 0.29) is 11.9 Å². The van der Waals surface area contributed by atoms with E-state index >= 15 is 0 Å². The Balaban J connectivity index is 2.15. The molecule has 1 atom stereocenters. The smallest absolute Gasteiger partial charge is 0.263 e. The minimum absolute atomic E-state index is 0.0534. The van der Waals surface area contributed by atoms with Gasteiger partial charge >= 0.3 is 0 Å². The topological polar surface area (TPSA) is 55.1 Å². The summed E-state index contributed by atoms with van der Waals surface area (Å²) < 4.78 is 1.06. The Bertz CT molecular complexity index is 577. The largest absolute Gasteiger partial charge is 0.397 e. The average molecular weight is 276 g/mol. The molecule has 0 aliphatic rings. The van der Waals surface area contributed by atoms with Crippen LogP contribution in [0, 0.1) is 0 Å². The van der Waals surface area contributed by atoms with Gasteiger partial charge in [-0.15, -0.1) is 11.3 Å². The van der Waals surface area contributed by atoms with Gasteiger partial charge in [-0.3, -0.25) is 4.79 Å². The molecule has 1 aromatic carbocycles. The molecule has 102 valence electrons. The number of unbranched alkanes of at least 4 members (excludes halogenated alkanes) is 1. The van der Waals surface area contributed by atoms with Crippen molar-refractivity contribution >= 4 is 33.0 Å². The highest BCUT2D eigenvalue weighted by atomic mass is 32.1. The normalized spacial score (nSPS) is 12.5. The predicted molar refractivity (Wildman–Crippen MR) is 82.7 cm³/mol. The van der Waals surface area contributed by atoms with Crippen molar-refractivity contribution in [2.45, 2.75) is 39.2 Å². The molecule has 0 saturated carbocycles. The quantitative estimate of drug-likeness (QED) is 0.873. The van der Waals surface area contributed by atoms with Crippen molar-refractivity contribution in [1.29, 1.82) is 0 Å². The van der Waals surface area contributed by atoms with Gasteiger partial charge in [0.2, 0.25) is 0 Å². The fraction of sp³-hybridized carbons (Fsp3) is 0.400. The summed E-state index contributed by atoms with van der Waals surface area (Å²) in [4.78, 5) is 12.9. The van der Waals surface area contributed by atoms with Crippen LogP contribution in [-0.4, -0.2) is 11.9 Å². The van der Waals surface area contributed by atoms with E-state index in [2.05, 4.69) is 12.2 Å². The molecule has 0 radical (unpaired) electrons. The Hall–Kier alpha value is -1.55. The SMILES string of the molecule is CCCCC(C)NC(=O)c1sc2ccccc2c1N. The Kier molecular flexibility index (Phi) is 4.43. The third-order valence-electron chi connectivity index (χ3n) is 3.21. The van der Waals surface area contributed by atoms with E-state index < -0.39 is 0 Å². The second-order valence-electron chi connectivity index (χ2n) is 4.86. The fourth-order valence-corrected chi connectivity index (χ4v) is 3.13. The molecule has 4 heteroatoms. The molecular weight excluding hydrogens is 256 g/mol. The summed E-state index contributed by atoms with van der Waals surface area (Å²) >= 11 is 1.46. The number of benzene rings is 1. The summed E-state index contributed by atoms with van der Waals surface area (Å²) in [6.07, 6.45) is 3.28. The highest BCUT2D eigenvalue weighted by molar-refractivity contribution is 7.21. The lowest BCUT2D eigenvalue weighted by atomic mass is 10.1. The fourth-order valence-electron chi connectivity index (χ4n) is 2.11. The monoisotopic (exact) mass is 276 g/mol. The molecule has 0 saturated heterocycles. The van der Waals surface area contributed by atoms with Crippen LogP contribution >= 0.6 is 11.3 Å². The van der Waals surface area contributed by atoms with E-state index in [0.29, 0.717) is 10.6 Å². The zero-order valence-corrected chi connectivity index (χ0v) is 12.2. The second-order valence-corrected chi connectivity index (χ2v) is 5.91. The zero-order chi connectivity index (χ0) is 13.8. The highest BCUT2D eigenvalue weighted by Crippen LogP contribution is 2.33. The maximum atomic E-state index is 12.2. The van der Waals surface area contributed by atoms with Crippen molar-refractivity contribution in [3.05, 3.63) is 29.1 Å². The molecule has 3 N–H and O–H groups in total. The number of fused-ring (bicyclic) bond motifs is 1. The van der Waals surface area contributed by atoms with Gasteiger partial charge in [0, 0.05) is 16.1 Å². The first-order valence-electron chi connectivity index (χ1n) is 6.71. The molecular formula is C15H20N2OS. The summed E-state index contributed by atoms with van der Waals surface area (Å²) in [5.74, 6) is -0.0534. The number of carbonyl (C=O) groups excluding carboxylic acids is 1. The van der Waals surface area contributed by atoms with Crippen LogP contribution in [0.1, 0.15) is 42.8 Å². The van der Waals surface area contributed by atoms with Gasteiger partial charge in [0.1, 0.15) is 4.88 Å². The second kappa shape index (κ2) is 6.06. The van der Waals surface area contributed by atoms with Crippen molar-refractivity contribution in [2.75, 3.05) is 5.73 Å². The Labute approximate surface area is 117 Å². The minimum Gasteiger partial charge on any atom is -0.397 e. The van der Waals surface area contributed by atoms with E-state index in [1.54, 1.807) is 0 Å². The molecule has 1 amide bonds. The number of carbonyl (C=O) groups is 1. The lowest BCUT2D eigenvalue weighted by Crippen LogP contribution is -2.32. The summed E-state index contributed by atoms with van der Waals surface area (Å²) in [7, 11) is 0. The van der Waals surface area contributed by atoms with Gasteiger partial charge in [-0.25, -0.2) is 0 Å². The van der Waals surface area contributed by atoms with Crippen LogP contribution < -0.4 is 11.1 Å². The number of nitrogens with one attached hydrogen (secondary N) is 1. The molecule has 0 spiro atoms. The number of nitrogens with two attached hydrogens (primary N) is 1. The van der Waals surface area contributed by atoms with Crippen LogP contribution in [0.25, 0.3) is 10.1 Å². The Morgan fingerprint density at radius 1 is 1.42 bits per heavy atom.